The molecule has 4 nitrogen and oxygen atoms in total. The summed E-state index contributed by atoms with van der Waals surface area (Å²) in [6.45, 7) is 1.99. The van der Waals surface area contributed by atoms with Gasteiger partial charge in [0.2, 0.25) is 0 Å². The molecular formula is C12H16O4. The molecule has 2 aliphatic carbocycles. The second-order valence-electron chi connectivity index (χ2n) is 4.78. The van der Waals surface area contributed by atoms with Crippen LogP contribution in [0.15, 0.2) is 12.2 Å². The molecule has 0 spiro atoms. The van der Waals surface area contributed by atoms with E-state index in [1.54, 1.807) is 0 Å². The first-order valence-electron chi connectivity index (χ1n) is 5.38. The van der Waals surface area contributed by atoms with Crippen LogP contribution in [0.25, 0.3) is 0 Å². The van der Waals surface area contributed by atoms with Gasteiger partial charge in [0.15, 0.2) is 0 Å². The molecule has 0 saturated heterocycles. The first kappa shape index (κ1) is 11.2. The second-order valence-corrected chi connectivity index (χ2v) is 4.78. The Balaban J connectivity index is 2.34. The topological polar surface area (TPSA) is 52.6 Å². The standard InChI is InChI=1S/C12H16O4/c1-12-5-4-7(6-12)8(10(13)15-2)9(12)11(14)16-3/h4-5,7-9H,6H2,1-3H3. The van der Waals surface area contributed by atoms with Gasteiger partial charge in [0.25, 0.3) is 0 Å². The van der Waals surface area contributed by atoms with Crippen LogP contribution in [-0.4, -0.2) is 26.2 Å². The summed E-state index contributed by atoms with van der Waals surface area (Å²) < 4.78 is 9.57. The molecule has 1 fully saturated rings. The number of rotatable bonds is 2. The van der Waals surface area contributed by atoms with Gasteiger partial charge in [-0.2, -0.15) is 0 Å². The summed E-state index contributed by atoms with van der Waals surface area (Å²) >= 11 is 0. The lowest BCUT2D eigenvalue weighted by Gasteiger charge is -2.29. The van der Waals surface area contributed by atoms with Crippen molar-refractivity contribution in [3.8, 4) is 0 Å². The third kappa shape index (κ3) is 1.36. The minimum absolute atomic E-state index is 0.113. The van der Waals surface area contributed by atoms with Crippen molar-refractivity contribution >= 4 is 11.9 Å². The van der Waals surface area contributed by atoms with E-state index < -0.39 is 5.92 Å². The molecule has 88 valence electrons. The molecule has 4 atom stereocenters. The maximum Gasteiger partial charge on any atom is 0.310 e. The molecule has 2 aliphatic rings. The van der Waals surface area contributed by atoms with Crippen molar-refractivity contribution in [1.82, 2.24) is 0 Å². The average molecular weight is 224 g/mol. The van der Waals surface area contributed by atoms with Gasteiger partial charge in [-0.05, 0) is 12.3 Å². The fourth-order valence-electron chi connectivity index (χ4n) is 3.11. The van der Waals surface area contributed by atoms with Gasteiger partial charge in [-0.1, -0.05) is 19.1 Å². The summed E-state index contributed by atoms with van der Waals surface area (Å²) in [5.74, 6) is -1.30. The van der Waals surface area contributed by atoms with Crippen LogP contribution < -0.4 is 0 Å². The van der Waals surface area contributed by atoms with Gasteiger partial charge >= 0.3 is 11.9 Å². The van der Waals surface area contributed by atoms with Crippen molar-refractivity contribution in [2.75, 3.05) is 14.2 Å². The summed E-state index contributed by atoms with van der Waals surface area (Å²) in [5, 5.41) is 0. The first-order valence-corrected chi connectivity index (χ1v) is 5.38. The Labute approximate surface area is 94.6 Å². The number of carbonyl (C=O) groups excluding carboxylic acids is 2. The Hall–Kier alpha value is -1.32. The number of carbonyl (C=O) groups is 2. The fourth-order valence-corrected chi connectivity index (χ4v) is 3.11. The molecule has 2 rings (SSSR count). The Morgan fingerprint density at radius 1 is 1.25 bits per heavy atom. The van der Waals surface area contributed by atoms with E-state index in [4.69, 9.17) is 9.47 Å². The van der Waals surface area contributed by atoms with Gasteiger partial charge < -0.3 is 9.47 Å². The molecule has 1 saturated carbocycles. The monoisotopic (exact) mass is 224 g/mol. The number of methoxy groups -OCH3 is 2. The third-order valence-electron chi connectivity index (χ3n) is 3.86. The van der Waals surface area contributed by atoms with Gasteiger partial charge in [-0.25, -0.2) is 0 Å². The Morgan fingerprint density at radius 3 is 2.44 bits per heavy atom. The van der Waals surface area contributed by atoms with Crippen LogP contribution in [0.1, 0.15) is 13.3 Å². The number of allylic oxidation sites excluding steroid dienone is 2. The summed E-state index contributed by atoms with van der Waals surface area (Å²) in [6.07, 6.45) is 4.87. The van der Waals surface area contributed by atoms with E-state index in [0.717, 1.165) is 6.42 Å². The summed E-state index contributed by atoms with van der Waals surface area (Å²) in [6, 6.07) is 0. The maximum atomic E-state index is 11.8. The lowest BCUT2D eigenvalue weighted by molar-refractivity contribution is -0.159. The molecule has 2 bridgehead atoms. The van der Waals surface area contributed by atoms with E-state index in [0.29, 0.717) is 0 Å². The molecule has 0 aromatic heterocycles. The van der Waals surface area contributed by atoms with E-state index in [1.807, 2.05) is 19.1 Å². The molecule has 0 amide bonds. The van der Waals surface area contributed by atoms with Crippen molar-refractivity contribution < 1.29 is 19.1 Å². The number of ether oxygens (including phenoxy) is 2. The predicted molar refractivity (Wildman–Crippen MR) is 56.4 cm³/mol. The maximum absolute atomic E-state index is 11.8. The third-order valence-corrected chi connectivity index (χ3v) is 3.86. The fraction of sp³-hybridized carbons (Fsp3) is 0.667. The molecule has 0 heterocycles. The van der Waals surface area contributed by atoms with Crippen molar-refractivity contribution in [1.29, 1.82) is 0 Å². The lowest BCUT2D eigenvalue weighted by Crippen LogP contribution is -2.38. The molecule has 4 heteroatoms. The minimum atomic E-state index is -0.403. The van der Waals surface area contributed by atoms with E-state index >= 15 is 0 Å². The van der Waals surface area contributed by atoms with Crippen LogP contribution in [0.4, 0.5) is 0 Å². The van der Waals surface area contributed by atoms with E-state index in [-0.39, 0.29) is 29.2 Å². The van der Waals surface area contributed by atoms with Crippen LogP contribution in [0.5, 0.6) is 0 Å². The highest BCUT2D eigenvalue weighted by Crippen LogP contribution is 2.56. The average Bonchev–Trinajstić information content (AvgIpc) is 2.79. The molecular weight excluding hydrogens is 208 g/mol. The normalized spacial score (nSPS) is 39.8. The SMILES string of the molecule is COC(=O)C1C2C=CC(C)(C2)C1C(=O)OC. The summed E-state index contributed by atoms with van der Waals surface area (Å²) in [7, 11) is 2.71. The molecule has 0 radical (unpaired) electrons. The zero-order chi connectivity index (χ0) is 11.9. The largest absolute Gasteiger partial charge is 0.469 e. The van der Waals surface area contributed by atoms with Gasteiger partial charge in [0.05, 0.1) is 26.1 Å². The number of fused-ring (bicyclic) bond motifs is 2. The molecule has 0 N–H and O–H groups in total. The summed E-state index contributed by atoms with van der Waals surface area (Å²) in [4.78, 5) is 23.5. The van der Waals surface area contributed by atoms with Gasteiger partial charge in [-0.15, -0.1) is 0 Å². The van der Waals surface area contributed by atoms with Crippen LogP contribution in [0, 0.1) is 23.2 Å². The van der Waals surface area contributed by atoms with E-state index in [9.17, 15) is 9.59 Å². The predicted octanol–water partition coefficient (Wildman–Crippen LogP) is 1.16. The lowest BCUT2D eigenvalue weighted by atomic mass is 9.75. The van der Waals surface area contributed by atoms with Gasteiger partial charge in [0, 0.05) is 5.41 Å². The van der Waals surface area contributed by atoms with E-state index in [2.05, 4.69) is 0 Å². The first-order chi connectivity index (χ1) is 7.53. The van der Waals surface area contributed by atoms with Crippen LogP contribution in [0.3, 0.4) is 0 Å². The zero-order valence-corrected chi connectivity index (χ0v) is 9.73. The Bertz CT molecular complexity index is 360. The molecule has 16 heavy (non-hydrogen) atoms. The molecule has 0 aromatic rings. The minimum Gasteiger partial charge on any atom is -0.469 e. The van der Waals surface area contributed by atoms with Crippen molar-refractivity contribution in [2.24, 2.45) is 23.2 Å². The number of hydrogen-bond donors (Lipinski definition) is 0. The number of esters is 2. The van der Waals surface area contributed by atoms with Crippen LogP contribution in [0.2, 0.25) is 0 Å². The van der Waals surface area contributed by atoms with Crippen LogP contribution in [-0.2, 0) is 19.1 Å². The van der Waals surface area contributed by atoms with Crippen molar-refractivity contribution in [2.45, 2.75) is 13.3 Å². The number of hydrogen-bond acceptors (Lipinski definition) is 4. The van der Waals surface area contributed by atoms with E-state index in [1.165, 1.54) is 14.2 Å². The highest BCUT2D eigenvalue weighted by Gasteiger charge is 2.59. The highest BCUT2D eigenvalue weighted by molar-refractivity contribution is 5.85. The van der Waals surface area contributed by atoms with Gasteiger partial charge in [0.1, 0.15) is 0 Å². The quantitative estimate of drug-likeness (QED) is 0.521. The Kier molecular flexibility index (Phi) is 2.52. The van der Waals surface area contributed by atoms with Gasteiger partial charge in [-0.3, -0.25) is 9.59 Å². The van der Waals surface area contributed by atoms with Crippen molar-refractivity contribution in [3.05, 3.63) is 12.2 Å². The van der Waals surface area contributed by atoms with Crippen molar-refractivity contribution in [3.63, 3.8) is 0 Å². The molecule has 0 aliphatic heterocycles. The zero-order valence-electron chi connectivity index (χ0n) is 9.73. The Morgan fingerprint density at radius 2 is 1.88 bits per heavy atom. The smallest absolute Gasteiger partial charge is 0.310 e. The summed E-state index contributed by atoms with van der Waals surface area (Å²) in [5.41, 5.74) is -0.253. The molecule has 4 unspecified atom stereocenters. The highest BCUT2D eigenvalue weighted by atomic mass is 16.5. The molecule has 0 aromatic carbocycles. The second kappa shape index (κ2) is 3.61. The van der Waals surface area contributed by atoms with Crippen LogP contribution >= 0.6 is 0 Å².